The molecule has 4 aromatic rings. The standard InChI is InChI=1S/C40H45FN4O5/c1-39(2,3)34(46)26-49-38(48)40(37(47)42-31-12-8-5-9-13-31)20-22-45(23-21-40)25-27-14-16-29(17-15-27)35-43-36(50-44-35)30-18-19-32(33(41)24-30)28-10-6-4-7-11-28/h4,6-7,10-11,14-19,24,31H,5,8-9,12-13,20-23,25-26H2,1-3H3,(H,42,47). The molecular weight excluding hydrogens is 635 g/mol. The van der Waals surface area contributed by atoms with Gasteiger partial charge in [-0.1, -0.05) is 106 Å². The summed E-state index contributed by atoms with van der Waals surface area (Å²) in [6, 6.07) is 22.1. The third-order valence-electron chi connectivity index (χ3n) is 9.99. The molecule has 10 heteroatoms. The molecule has 2 aliphatic rings. The highest BCUT2D eigenvalue weighted by molar-refractivity contribution is 6.03. The number of carbonyl (C=O) groups excluding carboxylic acids is 3. The van der Waals surface area contributed by atoms with Gasteiger partial charge in [0.2, 0.25) is 11.7 Å². The summed E-state index contributed by atoms with van der Waals surface area (Å²) >= 11 is 0. The minimum Gasteiger partial charge on any atom is -0.457 e. The molecule has 1 saturated heterocycles. The fourth-order valence-corrected chi connectivity index (χ4v) is 6.65. The zero-order chi connectivity index (χ0) is 35.3. The number of carbonyl (C=O) groups is 3. The topological polar surface area (TPSA) is 115 Å². The van der Waals surface area contributed by atoms with E-state index in [2.05, 4.69) is 20.4 Å². The fraction of sp³-hybridized carbons (Fsp3) is 0.425. The predicted molar refractivity (Wildman–Crippen MR) is 188 cm³/mol. The van der Waals surface area contributed by atoms with E-state index in [0.717, 1.165) is 48.8 Å². The summed E-state index contributed by atoms with van der Waals surface area (Å²) in [7, 11) is 0. The Morgan fingerprint density at radius 2 is 1.60 bits per heavy atom. The molecule has 0 bridgehead atoms. The number of benzene rings is 3. The monoisotopic (exact) mass is 680 g/mol. The van der Waals surface area contributed by atoms with E-state index >= 15 is 0 Å². The van der Waals surface area contributed by atoms with Crippen LogP contribution in [0.2, 0.25) is 0 Å². The van der Waals surface area contributed by atoms with E-state index in [1.54, 1.807) is 32.9 Å². The van der Waals surface area contributed by atoms with Crippen molar-refractivity contribution in [3.63, 3.8) is 0 Å². The number of piperidine rings is 1. The molecule has 1 aliphatic carbocycles. The van der Waals surface area contributed by atoms with Crippen LogP contribution < -0.4 is 5.32 Å². The average Bonchev–Trinajstić information content (AvgIpc) is 3.62. The van der Waals surface area contributed by atoms with Crippen LogP contribution >= 0.6 is 0 Å². The molecule has 0 atom stereocenters. The molecule has 1 saturated carbocycles. The molecule has 6 rings (SSSR count). The second-order valence-corrected chi connectivity index (χ2v) is 14.6. The molecule has 1 amide bonds. The summed E-state index contributed by atoms with van der Waals surface area (Å²) in [5.74, 6) is -0.816. The Balaban J connectivity index is 1.08. The van der Waals surface area contributed by atoms with Crippen LogP contribution in [0.1, 0.15) is 71.3 Å². The first-order chi connectivity index (χ1) is 24.0. The normalized spacial score (nSPS) is 16.9. The Morgan fingerprint density at radius 1 is 0.920 bits per heavy atom. The van der Waals surface area contributed by atoms with Crippen LogP contribution in [-0.4, -0.2) is 58.4 Å². The molecule has 0 spiro atoms. The number of halogens is 1. The first-order valence-corrected chi connectivity index (χ1v) is 17.5. The lowest BCUT2D eigenvalue weighted by molar-refractivity contribution is -0.168. The maximum atomic E-state index is 15.0. The Morgan fingerprint density at radius 3 is 2.26 bits per heavy atom. The largest absolute Gasteiger partial charge is 0.457 e. The molecule has 3 aromatic carbocycles. The highest BCUT2D eigenvalue weighted by Gasteiger charge is 2.50. The van der Waals surface area contributed by atoms with Crippen molar-refractivity contribution in [2.45, 2.75) is 78.3 Å². The molecule has 50 heavy (non-hydrogen) atoms. The van der Waals surface area contributed by atoms with Gasteiger partial charge in [0.25, 0.3) is 5.89 Å². The van der Waals surface area contributed by atoms with Gasteiger partial charge in [0.15, 0.2) is 12.4 Å². The summed E-state index contributed by atoms with van der Waals surface area (Å²) in [6.07, 6.45) is 5.72. The van der Waals surface area contributed by atoms with Gasteiger partial charge in [-0.05, 0) is 48.9 Å². The van der Waals surface area contributed by atoms with Crippen molar-refractivity contribution >= 4 is 17.7 Å². The lowest BCUT2D eigenvalue weighted by Crippen LogP contribution is -2.55. The number of likely N-dealkylation sites (tertiary alicyclic amines) is 1. The highest BCUT2D eigenvalue weighted by Crippen LogP contribution is 2.36. The number of aromatic nitrogens is 2. The third-order valence-corrected chi connectivity index (χ3v) is 9.99. The number of rotatable bonds is 10. The van der Waals surface area contributed by atoms with Crippen molar-refractivity contribution in [2.75, 3.05) is 19.7 Å². The first-order valence-electron chi connectivity index (χ1n) is 17.5. The number of hydrogen-bond donors (Lipinski definition) is 1. The molecular formula is C40H45FN4O5. The molecule has 1 aliphatic heterocycles. The lowest BCUT2D eigenvalue weighted by Gasteiger charge is -2.40. The second-order valence-electron chi connectivity index (χ2n) is 14.6. The van der Waals surface area contributed by atoms with Crippen molar-refractivity contribution in [1.29, 1.82) is 0 Å². The number of nitrogens with one attached hydrogen (secondary N) is 1. The van der Waals surface area contributed by atoms with E-state index in [4.69, 9.17) is 9.26 Å². The Hall–Kier alpha value is -4.70. The molecule has 262 valence electrons. The average molecular weight is 681 g/mol. The van der Waals surface area contributed by atoms with Gasteiger partial charge in [-0.2, -0.15) is 4.98 Å². The number of Topliss-reactive ketones (excluding diaryl/α,β-unsaturated/α-hetero) is 1. The van der Waals surface area contributed by atoms with E-state index < -0.39 is 16.8 Å². The summed E-state index contributed by atoms with van der Waals surface area (Å²) < 4.78 is 26.0. The number of amides is 1. The van der Waals surface area contributed by atoms with E-state index in [1.807, 2.05) is 54.6 Å². The van der Waals surface area contributed by atoms with Crippen LogP contribution in [0.5, 0.6) is 0 Å². The van der Waals surface area contributed by atoms with Crippen molar-refractivity contribution in [3.8, 4) is 34.0 Å². The van der Waals surface area contributed by atoms with Gasteiger partial charge in [0.05, 0.1) is 0 Å². The SMILES string of the molecule is CC(C)(C)C(=O)COC(=O)C1(C(=O)NC2CCCCC2)CCN(Cc2ccc(-c3noc(-c4ccc(-c5ccccc5)c(F)c4)n3)cc2)CC1. The smallest absolute Gasteiger partial charge is 0.322 e. The van der Waals surface area contributed by atoms with Crippen molar-refractivity contribution in [2.24, 2.45) is 10.8 Å². The van der Waals surface area contributed by atoms with Crippen molar-refractivity contribution in [3.05, 3.63) is 84.2 Å². The molecule has 9 nitrogen and oxygen atoms in total. The van der Waals surface area contributed by atoms with Gasteiger partial charge >= 0.3 is 5.97 Å². The molecule has 0 radical (unpaired) electrons. The molecule has 1 N–H and O–H groups in total. The first kappa shape index (κ1) is 35.1. The number of nitrogens with zero attached hydrogens (tertiary/aromatic N) is 3. The number of esters is 1. The quantitative estimate of drug-likeness (QED) is 0.136. The van der Waals surface area contributed by atoms with Gasteiger partial charge < -0.3 is 14.6 Å². The fourth-order valence-electron chi connectivity index (χ4n) is 6.65. The summed E-state index contributed by atoms with van der Waals surface area (Å²) in [6.45, 7) is 6.69. The number of ether oxygens (including phenoxy) is 1. The highest BCUT2D eigenvalue weighted by atomic mass is 19.1. The van der Waals surface area contributed by atoms with E-state index in [0.29, 0.717) is 49.4 Å². The van der Waals surface area contributed by atoms with E-state index in [-0.39, 0.29) is 36.0 Å². The van der Waals surface area contributed by atoms with Gasteiger partial charge in [0.1, 0.15) is 11.2 Å². The van der Waals surface area contributed by atoms with Crippen LogP contribution in [0.15, 0.2) is 77.3 Å². The van der Waals surface area contributed by atoms with Crippen molar-refractivity contribution in [1.82, 2.24) is 20.4 Å². The Kier molecular flexibility index (Phi) is 10.6. The number of ketones is 1. The maximum absolute atomic E-state index is 15.0. The Bertz CT molecular complexity index is 1800. The Labute approximate surface area is 292 Å². The van der Waals surface area contributed by atoms with Crippen LogP contribution in [0.25, 0.3) is 34.0 Å². The van der Waals surface area contributed by atoms with Gasteiger partial charge in [0, 0.05) is 47.8 Å². The summed E-state index contributed by atoms with van der Waals surface area (Å²) in [5, 5.41) is 7.28. The van der Waals surface area contributed by atoms with Crippen LogP contribution in [-0.2, 0) is 25.7 Å². The summed E-state index contributed by atoms with van der Waals surface area (Å²) in [4.78, 5) is 46.6. The lowest BCUT2D eigenvalue weighted by atomic mass is 9.76. The van der Waals surface area contributed by atoms with Gasteiger partial charge in [-0.15, -0.1) is 0 Å². The molecule has 2 fully saturated rings. The predicted octanol–water partition coefficient (Wildman–Crippen LogP) is 7.40. The molecule has 0 unspecified atom stereocenters. The van der Waals surface area contributed by atoms with Crippen LogP contribution in [0.4, 0.5) is 4.39 Å². The van der Waals surface area contributed by atoms with Crippen LogP contribution in [0, 0.1) is 16.6 Å². The maximum Gasteiger partial charge on any atom is 0.322 e. The number of hydrogen-bond acceptors (Lipinski definition) is 8. The summed E-state index contributed by atoms with van der Waals surface area (Å²) in [5.41, 5.74) is 1.63. The van der Waals surface area contributed by atoms with E-state index in [1.165, 1.54) is 6.07 Å². The zero-order valence-corrected chi connectivity index (χ0v) is 29.0. The zero-order valence-electron chi connectivity index (χ0n) is 29.0. The van der Waals surface area contributed by atoms with E-state index in [9.17, 15) is 18.8 Å². The second kappa shape index (κ2) is 15.0. The van der Waals surface area contributed by atoms with Crippen LogP contribution in [0.3, 0.4) is 0 Å². The molecule has 1 aromatic heterocycles. The van der Waals surface area contributed by atoms with Crippen molar-refractivity contribution < 1.29 is 28.0 Å². The molecule has 2 heterocycles. The minimum absolute atomic E-state index is 0.0605. The third kappa shape index (κ3) is 8.02. The van der Waals surface area contributed by atoms with Gasteiger partial charge in [-0.25, -0.2) is 4.39 Å². The van der Waals surface area contributed by atoms with Gasteiger partial charge in [-0.3, -0.25) is 19.3 Å². The minimum atomic E-state index is -1.32.